The number of hydrogen-bond donors (Lipinski definition) is 3. The van der Waals surface area contributed by atoms with Crippen LogP contribution < -0.4 is 5.32 Å². The van der Waals surface area contributed by atoms with Crippen molar-refractivity contribution in [2.24, 2.45) is 5.41 Å². The lowest BCUT2D eigenvalue weighted by Gasteiger charge is -2.22. The quantitative estimate of drug-likeness (QED) is 0.533. The third kappa shape index (κ3) is 5.16. The summed E-state index contributed by atoms with van der Waals surface area (Å²) in [7, 11) is 0. The number of carboxylic acid groups (broad SMARTS) is 1. The van der Waals surface area contributed by atoms with Crippen LogP contribution >= 0.6 is 0 Å². The van der Waals surface area contributed by atoms with Gasteiger partial charge in [-0.2, -0.15) is 0 Å². The molecule has 0 aromatic heterocycles. The number of carboxylic acids is 1. The Morgan fingerprint density at radius 3 is 2.47 bits per heavy atom. The van der Waals surface area contributed by atoms with E-state index in [0.717, 1.165) is 12.8 Å². The molecule has 0 spiro atoms. The molecule has 0 atom stereocenters. The van der Waals surface area contributed by atoms with E-state index < -0.39 is 11.4 Å². The summed E-state index contributed by atoms with van der Waals surface area (Å²) in [4.78, 5) is 23.0. The van der Waals surface area contributed by atoms with Crippen molar-refractivity contribution in [3.8, 4) is 0 Å². The van der Waals surface area contributed by atoms with E-state index in [0.29, 0.717) is 39.0 Å². The summed E-state index contributed by atoms with van der Waals surface area (Å²) in [5.74, 6) is -1.06. The maximum absolute atomic E-state index is 11.7. The van der Waals surface area contributed by atoms with Crippen molar-refractivity contribution in [2.75, 3.05) is 26.4 Å². The van der Waals surface area contributed by atoms with Gasteiger partial charge in [-0.05, 0) is 19.3 Å². The zero-order chi connectivity index (χ0) is 14.1. The molecule has 3 N–H and O–H groups in total. The molecule has 19 heavy (non-hydrogen) atoms. The molecule has 0 saturated heterocycles. The van der Waals surface area contributed by atoms with Crippen molar-refractivity contribution < 1.29 is 24.5 Å². The molecule has 6 nitrogen and oxygen atoms in total. The molecule has 6 heteroatoms. The van der Waals surface area contributed by atoms with Crippen LogP contribution in [0.3, 0.4) is 0 Å². The second-order valence-corrected chi connectivity index (χ2v) is 5.01. The van der Waals surface area contributed by atoms with Gasteiger partial charge in [0.15, 0.2) is 0 Å². The van der Waals surface area contributed by atoms with Crippen LogP contribution in [-0.2, 0) is 14.3 Å². The highest BCUT2D eigenvalue weighted by Gasteiger charge is 2.42. The van der Waals surface area contributed by atoms with Gasteiger partial charge in [0, 0.05) is 19.6 Å². The van der Waals surface area contributed by atoms with E-state index in [4.69, 9.17) is 9.84 Å². The standard InChI is InChI=1S/C13H23NO5/c15-7-9-19-8-3-6-14-11(16)10-13(12(17)18)4-1-2-5-13/h15H,1-10H2,(H,14,16)(H,17,18). The number of carbonyl (C=O) groups excluding carboxylic acids is 1. The lowest BCUT2D eigenvalue weighted by atomic mass is 9.82. The number of hydrogen-bond acceptors (Lipinski definition) is 4. The fourth-order valence-corrected chi connectivity index (χ4v) is 2.46. The normalized spacial score (nSPS) is 17.3. The minimum Gasteiger partial charge on any atom is -0.481 e. The second kappa shape index (κ2) is 8.12. The van der Waals surface area contributed by atoms with Crippen molar-refractivity contribution >= 4 is 11.9 Å². The van der Waals surface area contributed by atoms with Crippen LogP contribution in [0.4, 0.5) is 0 Å². The summed E-state index contributed by atoms with van der Waals surface area (Å²) < 4.78 is 5.06. The summed E-state index contributed by atoms with van der Waals surface area (Å²) >= 11 is 0. The minimum absolute atomic E-state index is 0.00646. The topological polar surface area (TPSA) is 95.9 Å². The van der Waals surface area contributed by atoms with Crippen LogP contribution in [0.15, 0.2) is 0 Å². The number of carbonyl (C=O) groups is 2. The predicted molar refractivity (Wildman–Crippen MR) is 68.7 cm³/mol. The molecule has 1 saturated carbocycles. The number of rotatable bonds is 9. The number of aliphatic carboxylic acids is 1. The van der Waals surface area contributed by atoms with Crippen LogP contribution in [0, 0.1) is 5.41 Å². The molecule has 0 heterocycles. The highest BCUT2D eigenvalue weighted by molar-refractivity contribution is 5.85. The van der Waals surface area contributed by atoms with Gasteiger partial charge in [0.2, 0.25) is 5.91 Å². The molecule has 110 valence electrons. The number of amides is 1. The second-order valence-electron chi connectivity index (χ2n) is 5.01. The maximum Gasteiger partial charge on any atom is 0.310 e. The first-order valence-electron chi connectivity index (χ1n) is 6.79. The smallest absolute Gasteiger partial charge is 0.310 e. The van der Waals surface area contributed by atoms with Gasteiger partial charge in [-0.25, -0.2) is 0 Å². The molecule has 0 unspecified atom stereocenters. The van der Waals surface area contributed by atoms with E-state index in [1.807, 2.05) is 0 Å². The molecular formula is C13H23NO5. The van der Waals surface area contributed by atoms with Gasteiger partial charge < -0.3 is 20.3 Å². The Morgan fingerprint density at radius 1 is 1.21 bits per heavy atom. The third-order valence-electron chi connectivity index (χ3n) is 3.54. The fraction of sp³-hybridized carbons (Fsp3) is 0.846. The summed E-state index contributed by atoms with van der Waals surface area (Å²) in [5.41, 5.74) is -0.850. The van der Waals surface area contributed by atoms with Crippen LogP contribution in [-0.4, -0.2) is 48.5 Å². The Hall–Kier alpha value is -1.14. The maximum atomic E-state index is 11.7. The molecular weight excluding hydrogens is 250 g/mol. The molecule has 1 amide bonds. The van der Waals surface area contributed by atoms with Crippen molar-refractivity contribution in [2.45, 2.75) is 38.5 Å². The largest absolute Gasteiger partial charge is 0.481 e. The predicted octanol–water partition coefficient (Wildman–Crippen LogP) is 0.537. The van der Waals surface area contributed by atoms with Crippen LogP contribution in [0.25, 0.3) is 0 Å². The van der Waals surface area contributed by atoms with Gasteiger partial charge in [-0.1, -0.05) is 12.8 Å². The molecule has 1 fully saturated rings. The zero-order valence-electron chi connectivity index (χ0n) is 11.2. The first-order valence-corrected chi connectivity index (χ1v) is 6.79. The van der Waals surface area contributed by atoms with E-state index in [1.54, 1.807) is 0 Å². The first kappa shape index (κ1) is 15.9. The molecule has 1 rings (SSSR count). The lowest BCUT2D eigenvalue weighted by Crippen LogP contribution is -2.36. The minimum atomic E-state index is -0.855. The Kier molecular flexibility index (Phi) is 6.80. The molecule has 1 aliphatic carbocycles. The van der Waals surface area contributed by atoms with Crippen LogP contribution in [0.1, 0.15) is 38.5 Å². The monoisotopic (exact) mass is 273 g/mol. The van der Waals surface area contributed by atoms with Gasteiger partial charge in [-0.3, -0.25) is 9.59 Å². The van der Waals surface area contributed by atoms with Gasteiger partial charge in [-0.15, -0.1) is 0 Å². The molecule has 0 radical (unpaired) electrons. The van der Waals surface area contributed by atoms with E-state index >= 15 is 0 Å². The third-order valence-corrected chi connectivity index (χ3v) is 3.54. The van der Waals surface area contributed by atoms with E-state index in [2.05, 4.69) is 5.32 Å². The summed E-state index contributed by atoms with van der Waals surface area (Å²) in [6.07, 6.45) is 3.68. The van der Waals surface area contributed by atoms with Gasteiger partial charge in [0.05, 0.1) is 18.6 Å². The SMILES string of the molecule is O=C(CC1(C(=O)O)CCCC1)NCCCOCCO. The Morgan fingerprint density at radius 2 is 1.89 bits per heavy atom. The number of aliphatic hydroxyl groups excluding tert-OH is 1. The molecule has 0 aliphatic heterocycles. The van der Waals surface area contributed by atoms with Crippen molar-refractivity contribution in [3.05, 3.63) is 0 Å². The average Bonchev–Trinajstić information content (AvgIpc) is 2.83. The summed E-state index contributed by atoms with van der Waals surface area (Å²) in [6, 6.07) is 0. The van der Waals surface area contributed by atoms with E-state index in [1.165, 1.54) is 0 Å². The van der Waals surface area contributed by atoms with E-state index in [9.17, 15) is 14.7 Å². The van der Waals surface area contributed by atoms with Gasteiger partial charge in [0.1, 0.15) is 0 Å². The highest BCUT2D eigenvalue weighted by Crippen LogP contribution is 2.41. The van der Waals surface area contributed by atoms with Crippen molar-refractivity contribution in [3.63, 3.8) is 0 Å². The number of aliphatic hydroxyl groups is 1. The molecule has 1 aliphatic rings. The first-order chi connectivity index (χ1) is 9.10. The Bertz CT molecular complexity index is 299. The van der Waals surface area contributed by atoms with Gasteiger partial charge >= 0.3 is 5.97 Å². The summed E-state index contributed by atoms with van der Waals surface area (Å²) in [5, 5.41) is 20.5. The zero-order valence-corrected chi connectivity index (χ0v) is 11.2. The van der Waals surface area contributed by atoms with Crippen LogP contribution in [0.5, 0.6) is 0 Å². The fourth-order valence-electron chi connectivity index (χ4n) is 2.46. The summed E-state index contributed by atoms with van der Waals surface area (Å²) in [6.45, 7) is 1.24. The highest BCUT2D eigenvalue weighted by atomic mass is 16.5. The van der Waals surface area contributed by atoms with Crippen molar-refractivity contribution in [1.82, 2.24) is 5.32 Å². The molecule has 0 aromatic carbocycles. The van der Waals surface area contributed by atoms with Crippen molar-refractivity contribution in [1.29, 1.82) is 0 Å². The Labute approximate surface area is 113 Å². The lowest BCUT2D eigenvalue weighted by molar-refractivity contribution is -0.151. The van der Waals surface area contributed by atoms with Gasteiger partial charge in [0.25, 0.3) is 0 Å². The number of ether oxygens (including phenoxy) is 1. The van der Waals surface area contributed by atoms with E-state index in [-0.39, 0.29) is 18.9 Å². The van der Waals surface area contributed by atoms with Crippen LogP contribution in [0.2, 0.25) is 0 Å². The number of nitrogens with one attached hydrogen (secondary N) is 1. The Balaban J connectivity index is 2.21. The molecule has 0 bridgehead atoms. The molecule has 0 aromatic rings. The average molecular weight is 273 g/mol.